The molecule has 2 amide bonds. The zero-order valence-electron chi connectivity index (χ0n) is 13.4. The van der Waals surface area contributed by atoms with Crippen molar-refractivity contribution in [1.82, 2.24) is 4.90 Å². The van der Waals surface area contributed by atoms with Gasteiger partial charge in [-0.05, 0) is 23.6 Å². The van der Waals surface area contributed by atoms with Crippen LogP contribution in [0.3, 0.4) is 0 Å². The summed E-state index contributed by atoms with van der Waals surface area (Å²) in [6.45, 7) is 2.84. The molecule has 0 saturated carbocycles. The van der Waals surface area contributed by atoms with Crippen molar-refractivity contribution in [3.05, 3.63) is 47.3 Å². The normalized spacial score (nSPS) is 14.4. The number of esters is 1. The van der Waals surface area contributed by atoms with Crippen LogP contribution < -0.4 is 10.2 Å². The second-order valence-electron chi connectivity index (χ2n) is 5.39. The van der Waals surface area contributed by atoms with E-state index < -0.39 is 5.97 Å². The minimum absolute atomic E-state index is 0.185. The zero-order chi connectivity index (χ0) is 16.9. The van der Waals surface area contributed by atoms with Gasteiger partial charge in [-0.3, -0.25) is 5.32 Å². The van der Waals surface area contributed by atoms with Crippen LogP contribution >= 0.6 is 11.3 Å². The first-order valence-electron chi connectivity index (χ1n) is 7.71. The Balaban J connectivity index is 1.58. The van der Waals surface area contributed by atoms with Crippen LogP contribution in [0.15, 0.2) is 41.8 Å². The Morgan fingerprint density at radius 3 is 2.46 bits per heavy atom. The molecule has 7 heteroatoms. The molecule has 0 unspecified atom stereocenters. The smallest absolute Gasteiger partial charge is 0.340 e. The number of para-hydroxylation sites is 1. The fourth-order valence-electron chi connectivity index (χ4n) is 2.66. The van der Waals surface area contributed by atoms with Crippen LogP contribution in [-0.4, -0.2) is 50.2 Å². The molecule has 0 bridgehead atoms. The second-order valence-corrected chi connectivity index (χ2v) is 6.31. The summed E-state index contributed by atoms with van der Waals surface area (Å²) in [5, 5.41) is 5.10. The average Bonchev–Trinajstić information content (AvgIpc) is 3.10. The van der Waals surface area contributed by atoms with Crippen molar-refractivity contribution in [1.29, 1.82) is 0 Å². The molecule has 0 radical (unpaired) electrons. The summed E-state index contributed by atoms with van der Waals surface area (Å²) < 4.78 is 4.72. The van der Waals surface area contributed by atoms with Gasteiger partial charge in [-0.15, -0.1) is 11.3 Å². The van der Waals surface area contributed by atoms with E-state index in [1.54, 1.807) is 16.3 Å². The minimum Gasteiger partial charge on any atom is -0.465 e. The number of benzene rings is 1. The van der Waals surface area contributed by atoms with Crippen LogP contribution in [0.4, 0.5) is 15.5 Å². The fourth-order valence-corrected chi connectivity index (χ4v) is 3.42. The fraction of sp³-hybridized carbons (Fsp3) is 0.294. The van der Waals surface area contributed by atoms with E-state index in [1.165, 1.54) is 24.1 Å². The third-order valence-electron chi connectivity index (χ3n) is 3.98. The first kappa shape index (κ1) is 16.3. The molecule has 126 valence electrons. The summed E-state index contributed by atoms with van der Waals surface area (Å²) in [5.41, 5.74) is 1.56. The number of carbonyl (C=O) groups is 2. The van der Waals surface area contributed by atoms with E-state index in [4.69, 9.17) is 4.74 Å². The molecular weight excluding hydrogens is 326 g/mol. The van der Waals surface area contributed by atoms with E-state index >= 15 is 0 Å². The van der Waals surface area contributed by atoms with Crippen LogP contribution in [0.2, 0.25) is 0 Å². The molecule has 1 aliphatic heterocycles. The van der Waals surface area contributed by atoms with Crippen LogP contribution in [0, 0.1) is 0 Å². The quantitative estimate of drug-likeness (QED) is 0.869. The van der Waals surface area contributed by atoms with E-state index in [-0.39, 0.29) is 6.03 Å². The van der Waals surface area contributed by atoms with E-state index in [2.05, 4.69) is 22.3 Å². The average molecular weight is 345 g/mol. The van der Waals surface area contributed by atoms with Crippen molar-refractivity contribution in [2.24, 2.45) is 0 Å². The van der Waals surface area contributed by atoms with E-state index in [1.807, 2.05) is 18.2 Å². The molecule has 1 N–H and O–H groups in total. The molecule has 1 aromatic carbocycles. The topological polar surface area (TPSA) is 61.9 Å². The predicted molar refractivity (Wildman–Crippen MR) is 94.9 cm³/mol. The highest BCUT2D eigenvalue weighted by molar-refractivity contribution is 7.14. The summed E-state index contributed by atoms with van der Waals surface area (Å²) in [7, 11) is 1.33. The monoisotopic (exact) mass is 345 g/mol. The Labute approximate surface area is 144 Å². The number of nitrogens with one attached hydrogen (secondary N) is 1. The summed E-state index contributed by atoms with van der Waals surface area (Å²) in [6.07, 6.45) is 0. The molecule has 2 aromatic rings. The number of rotatable bonds is 3. The number of nitrogens with zero attached hydrogens (tertiary/aromatic N) is 2. The first-order valence-corrected chi connectivity index (χ1v) is 8.58. The third kappa shape index (κ3) is 3.51. The van der Waals surface area contributed by atoms with Gasteiger partial charge in [-0.2, -0.15) is 0 Å². The number of methoxy groups -OCH3 is 1. The number of thiophene rings is 1. The Hall–Kier alpha value is -2.54. The zero-order valence-corrected chi connectivity index (χ0v) is 14.2. The van der Waals surface area contributed by atoms with Crippen molar-refractivity contribution in [2.75, 3.05) is 43.5 Å². The molecule has 0 aliphatic carbocycles. The van der Waals surface area contributed by atoms with Crippen molar-refractivity contribution in [2.45, 2.75) is 0 Å². The minimum atomic E-state index is -0.444. The maximum absolute atomic E-state index is 12.4. The number of hydrogen-bond acceptors (Lipinski definition) is 5. The number of anilines is 2. The lowest BCUT2D eigenvalue weighted by Gasteiger charge is -2.36. The molecule has 1 aromatic heterocycles. The Morgan fingerprint density at radius 2 is 1.79 bits per heavy atom. The van der Waals surface area contributed by atoms with Crippen LogP contribution in [0.5, 0.6) is 0 Å². The molecule has 1 aliphatic rings. The van der Waals surface area contributed by atoms with Crippen molar-refractivity contribution in [3.63, 3.8) is 0 Å². The van der Waals surface area contributed by atoms with Gasteiger partial charge in [0.1, 0.15) is 5.00 Å². The number of carbonyl (C=O) groups excluding carboxylic acids is 2. The molecular formula is C17H19N3O3S. The van der Waals surface area contributed by atoms with Gasteiger partial charge in [0, 0.05) is 31.9 Å². The predicted octanol–water partition coefficient (Wildman–Crippen LogP) is 2.89. The largest absolute Gasteiger partial charge is 0.465 e. The maximum atomic E-state index is 12.4. The molecule has 6 nitrogen and oxygen atoms in total. The highest BCUT2D eigenvalue weighted by atomic mass is 32.1. The summed E-state index contributed by atoms with van der Waals surface area (Å²) in [6, 6.07) is 11.6. The van der Waals surface area contributed by atoms with Gasteiger partial charge in [0.15, 0.2) is 0 Å². The summed E-state index contributed by atoms with van der Waals surface area (Å²) >= 11 is 1.31. The molecule has 0 atom stereocenters. The summed E-state index contributed by atoms with van der Waals surface area (Å²) in [5.74, 6) is -0.444. The number of ether oxygens (including phenoxy) is 1. The lowest BCUT2D eigenvalue weighted by molar-refractivity contribution is 0.0602. The molecule has 24 heavy (non-hydrogen) atoms. The van der Waals surface area contributed by atoms with Gasteiger partial charge in [-0.1, -0.05) is 18.2 Å². The third-order valence-corrected chi connectivity index (χ3v) is 4.81. The molecule has 3 rings (SSSR count). The molecule has 1 saturated heterocycles. The van der Waals surface area contributed by atoms with Crippen LogP contribution in [-0.2, 0) is 4.74 Å². The molecule has 1 fully saturated rings. The maximum Gasteiger partial charge on any atom is 0.340 e. The van der Waals surface area contributed by atoms with E-state index in [9.17, 15) is 9.59 Å². The first-order chi connectivity index (χ1) is 11.7. The van der Waals surface area contributed by atoms with E-state index in [0.717, 1.165) is 13.1 Å². The van der Waals surface area contributed by atoms with Gasteiger partial charge in [-0.25, -0.2) is 9.59 Å². The van der Waals surface area contributed by atoms with Gasteiger partial charge in [0.25, 0.3) is 0 Å². The number of urea groups is 1. The second kappa shape index (κ2) is 7.35. The Kier molecular flexibility index (Phi) is 5.00. The van der Waals surface area contributed by atoms with Crippen molar-refractivity contribution >= 4 is 34.0 Å². The number of piperazine rings is 1. The molecule has 2 heterocycles. The van der Waals surface area contributed by atoms with Gasteiger partial charge >= 0.3 is 12.0 Å². The van der Waals surface area contributed by atoms with Gasteiger partial charge in [0.2, 0.25) is 0 Å². The Morgan fingerprint density at radius 1 is 1.08 bits per heavy atom. The van der Waals surface area contributed by atoms with Crippen molar-refractivity contribution < 1.29 is 14.3 Å². The standard InChI is InChI=1S/C17H19N3O3S/c1-23-16(21)14-7-12-24-15(14)18-17(22)20-10-8-19(9-11-20)13-5-3-2-4-6-13/h2-7,12H,8-11H2,1H3,(H,18,22). The van der Waals surface area contributed by atoms with E-state index in [0.29, 0.717) is 23.7 Å². The highest BCUT2D eigenvalue weighted by Crippen LogP contribution is 2.24. The highest BCUT2D eigenvalue weighted by Gasteiger charge is 2.23. The lowest BCUT2D eigenvalue weighted by atomic mass is 10.2. The van der Waals surface area contributed by atoms with Crippen LogP contribution in [0.25, 0.3) is 0 Å². The number of hydrogen-bond donors (Lipinski definition) is 1. The van der Waals surface area contributed by atoms with Gasteiger partial charge < -0.3 is 14.5 Å². The number of amides is 2. The van der Waals surface area contributed by atoms with Gasteiger partial charge in [0.05, 0.1) is 12.7 Å². The summed E-state index contributed by atoms with van der Waals surface area (Å²) in [4.78, 5) is 28.1. The Bertz CT molecular complexity index is 709. The molecule has 0 spiro atoms. The lowest BCUT2D eigenvalue weighted by Crippen LogP contribution is -2.50. The SMILES string of the molecule is COC(=O)c1ccsc1NC(=O)N1CCN(c2ccccc2)CC1. The van der Waals surface area contributed by atoms with Crippen molar-refractivity contribution in [3.8, 4) is 0 Å². The van der Waals surface area contributed by atoms with Crippen LogP contribution in [0.1, 0.15) is 10.4 Å².